The number of nitrogens with one attached hydrogen (secondary N) is 4. The molecule has 0 saturated carbocycles. The first-order valence-corrected chi connectivity index (χ1v) is 9.36. The van der Waals surface area contributed by atoms with Crippen molar-refractivity contribution < 1.29 is 14.0 Å². The lowest BCUT2D eigenvalue weighted by Crippen LogP contribution is -2.46. The first-order valence-electron chi connectivity index (χ1n) is 8.98. The third kappa shape index (κ3) is 4.33. The lowest BCUT2D eigenvalue weighted by molar-refractivity contribution is -0.113. The monoisotopic (exact) mass is 405 g/mol. The van der Waals surface area contributed by atoms with Gasteiger partial charge in [-0.3, -0.25) is 4.79 Å². The van der Waals surface area contributed by atoms with Crippen molar-refractivity contribution in [2.75, 3.05) is 5.32 Å². The third-order valence-electron chi connectivity index (χ3n) is 4.39. The smallest absolute Gasteiger partial charge is 0.319 e. The minimum Gasteiger partial charge on any atom is -0.343 e. The van der Waals surface area contributed by atoms with Gasteiger partial charge in [-0.25, -0.2) is 14.2 Å². The van der Waals surface area contributed by atoms with E-state index in [1.165, 1.54) is 18.2 Å². The second-order valence-electron chi connectivity index (χ2n) is 6.53. The molecule has 2 heterocycles. The highest BCUT2D eigenvalue weighted by atomic mass is 35.5. The summed E-state index contributed by atoms with van der Waals surface area (Å²) < 4.78 is 13.4. The van der Waals surface area contributed by atoms with E-state index in [2.05, 4.69) is 32.8 Å². The fourth-order valence-electron chi connectivity index (χ4n) is 3.04. The molecular formula is C19H21ClFN5O2. The van der Waals surface area contributed by atoms with E-state index >= 15 is 0 Å². The molecule has 1 unspecified atom stereocenters. The average Bonchev–Trinajstić information content (AvgIpc) is 2.99. The van der Waals surface area contributed by atoms with Gasteiger partial charge in [-0.1, -0.05) is 31.0 Å². The molecule has 3 rings (SSSR count). The standard InChI is InChI=1S/C19H21ClFN5O2/c1-3-4-8-13-24-16(17(20)25-13)15-14(10(2)22-19(28)26-15)18(27)23-12-7-5-6-11(21)9-12/h5-7,9,15H,3-4,8H2,1-2H3,(H,23,27)(H,24,25)(H2,22,26,28). The van der Waals surface area contributed by atoms with E-state index in [0.717, 1.165) is 12.8 Å². The zero-order valence-corrected chi connectivity index (χ0v) is 16.3. The van der Waals surface area contributed by atoms with Crippen LogP contribution in [0.4, 0.5) is 14.9 Å². The molecule has 1 aromatic carbocycles. The Morgan fingerprint density at radius 2 is 2.18 bits per heavy atom. The highest BCUT2D eigenvalue weighted by Gasteiger charge is 2.34. The maximum absolute atomic E-state index is 13.4. The van der Waals surface area contributed by atoms with Gasteiger partial charge in [0.2, 0.25) is 0 Å². The summed E-state index contributed by atoms with van der Waals surface area (Å²) in [6.07, 6.45) is 2.64. The van der Waals surface area contributed by atoms with E-state index in [-0.39, 0.29) is 10.7 Å². The zero-order valence-electron chi connectivity index (χ0n) is 15.5. The largest absolute Gasteiger partial charge is 0.343 e. The van der Waals surface area contributed by atoms with Crippen LogP contribution in [0.1, 0.15) is 44.2 Å². The van der Waals surface area contributed by atoms with Crippen LogP contribution in [0, 0.1) is 5.82 Å². The molecule has 0 spiro atoms. The summed E-state index contributed by atoms with van der Waals surface area (Å²) >= 11 is 6.29. The Hall–Kier alpha value is -2.87. The third-order valence-corrected chi connectivity index (χ3v) is 4.67. The number of imidazole rings is 1. The fourth-order valence-corrected chi connectivity index (χ4v) is 3.30. The summed E-state index contributed by atoms with van der Waals surface area (Å²) in [5.41, 5.74) is 1.38. The van der Waals surface area contributed by atoms with Gasteiger partial charge >= 0.3 is 6.03 Å². The highest BCUT2D eigenvalue weighted by Crippen LogP contribution is 2.31. The number of nitrogens with zero attached hydrogens (tertiary/aromatic N) is 1. The minimum absolute atomic E-state index is 0.196. The number of hydrogen-bond acceptors (Lipinski definition) is 3. The number of hydrogen-bond donors (Lipinski definition) is 4. The lowest BCUT2D eigenvalue weighted by atomic mass is 9.99. The molecule has 0 fully saturated rings. The first-order chi connectivity index (χ1) is 13.4. The molecule has 2 aromatic rings. The van der Waals surface area contributed by atoms with Crippen LogP contribution in [0.5, 0.6) is 0 Å². The van der Waals surface area contributed by atoms with Crippen LogP contribution in [-0.2, 0) is 11.2 Å². The van der Waals surface area contributed by atoms with Crippen molar-refractivity contribution in [1.29, 1.82) is 0 Å². The number of unbranched alkanes of at least 4 members (excludes halogenated alkanes) is 1. The van der Waals surface area contributed by atoms with Crippen LogP contribution < -0.4 is 16.0 Å². The molecule has 0 radical (unpaired) electrons. The summed E-state index contributed by atoms with van der Waals surface area (Å²) in [6, 6.07) is 4.31. The van der Waals surface area contributed by atoms with Crippen molar-refractivity contribution >= 4 is 29.2 Å². The topological polar surface area (TPSA) is 98.9 Å². The van der Waals surface area contributed by atoms with Gasteiger partial charge in [-0.05, 0) is 31.5 Å². The highest BCUT2D eigenvalue weighted by molar-refractivity contribution is 6.30. The Balaban J connectivity index is 1.92. The van der Waals surface area contributed by atoms with Crippen molar-refractivity contribution in [2.24, 2.45) is 0 Å². The molecule has 0 bridgehead atoms. The van der Waals surface area contributed by atoms with Crippen molar-refractivity contribution in [1.82, 2.24) is 20.6 Å². The van der Waals surface area contributed by atoms with E-state index in [1.807, 2.05) is 0 Å². The number of rotatable bonds is 6. The van der Waals surface area contributed by atoms with Crippen LogP contribution in [0.2, 0.25) is 5.15 Å². The van der Waals surface area contributed by atoms with Crippen LogP contribution in [0.15, 0.2) is 35.5 Å². The van der Waals surface area contributed by atoms with Crippen LogP contribution in [-0.4, -0.2) is 21.9 Å². The summed E-state index contributed by atoms with van der Waals surface area (Å²) in [6.45, 7) is 3.69. The zero-order chi connectivity index (χ0) is 20.3. The molecule has 1 aliphatic rings. The van der Waals surface area contributed by atoms with Crippen molar-refractivity contribution in [3.05, 3.63) is 58.0 Å². The van der Waals surface area contributed by atoms with Gasteiger partial charge in [-0.2, -0.15) is 0 Å². The molecule has 4 N–H and O–H groups in total. The number of amides is 3. The predicted molar refractivity (Wildman–Crippen MR) is 104 cm³/mol. The number of aromatic amines is 1. The van der Waals surface area contributed by atoms with Crippen LogP contribution >= 0.6 is 11.6 Å². The number of H-pyrrole nitrogens is 1. The summed E-state index contributed by atoms with van der Waals surface area (Å²) in [4.78, 5) is 32.3. The number of allylic oxidation sites excluding steroid dienone is 1. The second kappa shape index (κ2) is 8.43. The maximum Gasteiger partial charge on any atom is 0.319 e. The number of carbonyl (C=O) groups is 2. The van der Waals surface area contributed by atoms with Gasteiger partial charge in [0.25, 0.3) is 5.91 Å². The minimum atomic E-state index is -0.808. The van der Waals surface area contributed by atoms with Crippen LogP contribution in [0.3, 0.4) is 0 Å². The van der Waals surface area contributed by atoms with Gasteiger partial charge in [0, 0.05) is 17.8 Å². The number of aryl methyl sites for hydroxylation is 1. The normalized spacial score (nSPS) is 16.6. The second-order valence-corrected chi connectivity index (χ2v) is 6.88. The van der Waals surface area contributed by atoms with E-state index < -0.39 is 23.8 Å². The van der Waals surface area contributed by atoms with Crippen LogP contribution in [0.25, 0.3) is 0 Å². The molecule has 3 amide bonds. The Morgan fingerprint density at radius 1 is 1.39 bits per heavy atom. The van der Waals surface area contributed by atoms with Gasteiger partial charge in [0.05, 0.1) is 11.3 Å². The fraction of sp³-hybridized carbons (Fsp3) is 0.316. The number of benzene rings is 1. The number of aromatic nitrogens is 2. The van der Waals surface area contributed by atoms with E-state index in [4.69, 9.17) is 11.6 Å². The number of carbonyl (C=O) groups excluding carboxylic acids is 2. The molecule has 0 saturated heterocycles. The average molecular weight is 406 g/mol. The van der Waals surface area contributed by atoms with Gasteiger partial charge in [-0.15, -0.1) is 0 Å². The molecule has 7 nitrogen and oxygen atoms in total. The predicted octanol–water partition coefficient (Wildman–Crippen LogP) is 3.81. The Labute approximate surface area is 166 Å². The molecule has 148 valence electrons. The molecule has 9 heteroatoms. The van der Waals surface area contributed by atoms with Gasteiger partial charge in [0.1, 0.15) is 17.7 Å². The number of urea groups is 1. The molecular weight excluding hydrogens is 385 g/mol. The molecule has 1 aromatic heterocycles. The van der Waals surface area contributed by atoms with E-state index in [1.54, 1.807) is 13.0 Å². The molecule has 28 heavy (non-hydrogen) atoms. The Bertz CT molecular complexity index is 940. The first kappa shape index (κ1) is 19.9. The number of halogens is 2. The Morgan fingerprint density at radius 3 is 2.89 bits per heavy atom. The summed E-state index contributed by atoms with van der Waals surface area (Å²) in [7, 11) is 0. The van der Waals surface area contributed by atoms with Gasteiger partial charge in [0.15, 0.2) is 5.15 Å². The maximum atomic E-state index is 13.4. The lowest BCUT2D eigenvalue weighted by Gasteiger charge is -2.27. The number of anilines is 1. The van der Waals surface area contributed by atoms with E-state index in [9.17, 15) is 14.0 Å². The van der Waals surface area contributed by atoms with Crippen molar-refractivity contribution in [3.63, 3.8) is 0 Å². The molecule has 0 aliphatic carbocycles. The summed E-state index contributed by atoms with van der Waals surface area (Å²) in [5.74, 6) is -0.258. The SMILES string of the molecule is CCCCc1nc(Cl)c(C2NC(=O)NC(C)=C2C(=O)Nc2cccc(F)c2)[nH]1. The molecule has 1 atom stereocenters. The Kier molecular flexibility index (Phi) is 5.99. The van der Waals surface area contributed by atoms with E-state index in [0.29, 0.717) is 29.3 Å². The van der Waals surface area contributed by atoms with Crippen molar-refractivity contribution in [3.8, 4) is 0 Å². The van der Waals surface area contributed by atoms with Gasteiger partial charge < -0.3 is 20.9 Å². The summed E-state index contributed by atoms with van der Waals surface area (Å²) in [5, 5.41) is 8.14. The quantitative estimate of drug-likeness (QED) is 0.588. The molecule has 1 aliphatic heterocycles. The van der Waals surface area contributed by atoms with Crippen molar-refractivity contribution in [2.45, 2.75) is 39.2 Å².